The summed E-state index contributed by atoms with van der Waals surface area (Å²) in [4.78, 5) is 23.9. The zero-order valence-electron chi connectivity index (χ0n) is 14.5. The summed E-state index contributed by atoms with van der Waals surface area (Å²) in [7, 11) is -0.0982. The zero-order valence-corrected chi connectivity index (χ0v) is 15.5. The molecule has 0 spiro atoms. The number of ether oxygens (including phenoxy) is 2. The van der Waals surface area contributed by atoms with Crippen molar-refractivity contribution in [2.45, 2.75) is 53.8 Å². The minimum Gasteiger partial charge on any atom is -0.469 e. The fourth-order valence-electron chi connectivity index (χ4n) is 2.12. The minimum atomic E-state index is -1.45. The van der Waals surface area contributed by atoms with Gasteiger partial charge >= 0.3 is 11.9 Å². The number of methoxy groups -OCH3 is 1. The highest BCUT2D eigenvalue weighted by Gasteiger charge is 2.40. The highest BCUT2D eigenvalue weighted by atomic mass is 28.3. The summed E-state index contributed by atoms with van der Waals surface area (Å²) in [6.07, 6.45) is 0.354. The molecule has 21 heavy (non-hydrogen) atoms. The van der Waals surface area contributed by atoms with Crippen LogP contribution in [0.4, 0.5) is 0 Å². The van der Waals surface area contributed by atoms with Crippen molar-refractivity contribution in [1.29, 1.82) is 0 Å². The minimum absolute atomic E-state index is 0.102. The Balaban J connectivity index is 4.66. The number of hydrogen-bond donors (Lipinski definition) is 0. The maximum absolute atomic E-state index is 12.1. The lowest BCUT2D eigenvalue weighted by Gasteiger charge is -2.30. The van der Waals surface area contributed by atoms with E-state index in [-0.39, 0.29) is 18.5 Å². The Bertz CT molecular complexity index is 447. The molecule has 0 aromatic carbocycles. The summed E-state index contributed by atoms with van der Waals surface area (Å²) < 4.78 is 9.99. The third kappa shape index (κ3) is 7.33. The van der Waals surface area contributed by atoms with Crippen LogP contribution in [0.15, 0.2) is 0 Å². The van der Waals surface area contributed by atoms with Gasteiger partial charge in [-0.3, -0.25) is 9.59 Å². The second-order valence-electron chi connectivity index (χ2n) is 7.56. The molecule has 0 unspecified atom stereocenters. The van der Waals surface area contributed by atoms with Crippen LogP contribution in [-0.4, -0.2) is 33.7 Å². The van der Waals surface area contributed by atoms with Gasteiger partial charge in [-0.25, -0.2) is 0 Å². The molecule has 0 bridgehead atoms. The molecule has 0 aromatic heterocycles. The molecule has 0 N–H and O–H groups in total. The molecule has 0 radical (unpaired) electrons. The number of carbonyl (C=O) groups is 2. The summed E-state index contributed by atoms with van der Waals surface area (Å²) in [6, 6.07) is 0. The topological polar surface area (TPSA) is 52.6 Å². The first-order valence-electron chi connectivity index (χ1n) is 7.07. The van der Waals surface area contributed by atoms with E-state index in [2.05, 4.69) is 31.1 Å². The van der Waals surface area contributed by atoms with E-state index in [0.717, 1.165) is 0 Å². The van der Waals surface area contributed by atoms with Crippen molar-refractivity contribution in [3.8, 4) is 11.5 Å². The van der Waals surface area contributed by atoms with Crippen molar-refractivity contribution in [1.82, 2.24) is 0 Å². The summed E-state index contributed by atoms with van der Waals surface area (Å²) in [5, 5.41) is 0. The normalized spacial score (nSPS) is 12.2. The van der Waals surface area contributed by atoms with Gasteiger partial charge in [0.2, 0.25) is 0 Å². The first-order chi connectivity index (χ1) is 9.32. The SMILES string of the molecule is COC(=O)C(C)(C)CC(C)(C)C(=O)OCC#C[Si](C)(C)C. The monoisotopic (exact) mass is 312 g/mol. The van der Waals surface area contributed by atoms with E-state index in [9.17, 15) is 9.59 Å². The third-order valence-corrected chi connectivity index (χ3v) is 3.84. The quantitative estimate of drug-likeness (QED) is 0.445. The Kier molecular flexibility index (Phi) is 6.69. The van der Waals surface area contributed by atoms with Crippen LogP contribution in [0, 0.1) is 22.3 Å². The van der Waals surface area contributed by atoms with Crippen LogP contribution in [0.3, 0.4) is 0 Å². The summed E-state index contributed by atoms with van der Waals surface area (Å²) in [5.41, 5.74) is 1.64. The van der Waals surface area contributed by atoms with Crippen LogP contribution in [0.25, 0.3) is 0 Å². The summed E-state index contributed by atoms with van der Waals surface area (Å²) >= 11 is 0. The molecule has 0 heterocycles. The van der Waals surface area contributed by atoms with Gasteiger partial charge in [0.25, 0.3) is 0 Å². The lowest BCUT2D eigenvalue weighted by molar-refractivity contribution is -0.159. The average molecular weight is 312 g/mol. The predicted octanol–water partition coefficient (Wildman–Crippen LogP) is 3.03. The molecule has 0 fully saturated rings. The maximum atomic E-state index is 12.1. The average Bonchev–Trinajstić information content (AvgIpc) is 2.30. The van der Waals surface area contributed by atoms with Gasteiger partial charge in [0.1, 0.15) is 8.07 Å². The maximum Gasteiger partial charge on any atom is 0.312 e. The highest BCUT2D eigenvalue weighted by Crippen LogP contribution is 2.35. The van der Waals surface area contributed by atoms with Crippen LogP contribution in [0.5, 0.6) is 0 Å². The molecule has 0 atom stereocenters. The highest BCUT2D eigenvalue weighted by molar-refractivity contribution is 6.83. The van der Waals surface area contributed by atoms with E-state index in [4.69, 9.17) is 9.47 Å². The lowest BCUT2D eigenvalue weighted by Crippen LogP contribution is -2.36. The molecule has 5 heteroatoms. The van der Waals surface area contributed by atoms with E-state index in [1.165, 1.54) is 7.11 Å². The molecule has 0 aliphatic rings. The van der Waals surface area contributed by atoms with E-state index < -0.39 is 18.9 Å². The Morgan fingerprint density at radius 3 is 1.90 bits per heavy atom. The van der Waals surface area contributed by atoms with Crippen LogP contribution >= 0.6 is 0 Å². The summed E-state index contributed by atoms with van der Waals surface area (Å²) in [5.74, 6) is 2.23. The molecular formula is C16H28O4Si. The smallest absolute Gasteiger partial charge is 0.312 e. The molecule has 0 saturated heterocycles. The second kappa shape index (κ2) is 7.12. The molecule has 4 nitrogen and oxygen atoms in total. The van der Waals surface area contributed by atoms with Gasteiger partial charge in [0.15, 0.2) is 6.61 Å². The fourth-order valence-corrected chi connectivity index (χ4v) is 2.73. The standard InChI is InChI=1S/C16H28O4Si/c1-15(2,13(17)19-5)12-16(3,4)14(18)20-10-9-11-21(6,7)8/h10,12H2,1-8H3. The zero-order chi connectivity index (χ0) is 16.9. The number of carbonyl (C=O) groups excluding carboxylic acids is 2. The van der Waals surface area contributed by atoms with Crippen LogP contribution in [0.2, 0.25) is 19.6 Å². The molecule has 0 saturated carbocycles. The third-order valence-electron chi connectivity index (χ3n) is 2.91. The molecule has 0 aliphatic heterocycles. The van der Waals surface area contributed by atoms with E-state index in [1.807, 2.05) is 0 Å². The van der Waals surface area contributed by atoms with Gasteiger partial charge in [0.05, 0.1) is 17.9 Å². The Morgan fingerprint density at radius 1 is 1.00 bits per heavy atom. The van der Waals surface area contributed by atoms with Crippen molar-refractivity contribution < 1.29 is 19.1 Å². The van der Waals surface area contributed by atoms with Gasteiger partial charge in [-0.05, 0) is 34.1 Å². The molecule has 0 rings (SSSR count). The van der Waals surface area contributed by atoms with E-state index in [1.54, 1.807) is 27.7 Å². The van der Waals surface area contributed by atoms with Crippen molar-refractivity contribution >= 4 is 20.0 Å². The number of rotatable bonds is 5. The van der Waals surface area contributed by atoms with Gasteiger partial charge in [-0.2, -0.15) is 0 Å². The van der Waals surface area contributed by atoms with Crippen LogP contribution < -0.4 is 0 Å². The molecular weight excluding hydrogens is 284 g/mol. The van der Waals surface area contributed by atoms with E-state index in [0.29, 0.717) is 6.42 Å². The number of esters is 2. The predicted molar refractivity (Wildman–Crippen MR) is 86.3 cm³/mol. The van der Waals surface area contributed by atoms with Crippen molar-refractivity contribution in [2.24, 2.45) is 10.8 Å². The Labute approximate surface area is 129 Å². The van der Waals surface area contributed by atoms with E-state index >= 15 is 0 Å². The van der Waals surface area contributed by atoms with Crippen LogP contribution in [-0.2, 0) is 19.1 Å². The Hall–Kier alpha value is -1.28. The molecule has 0 aliphatic carbocycles. The largest absolute Gasteiger partial charge is 0.469 e. The molecule has 120 valence electrons. The number of hydrogen-bond acceptors (Lipinski definition) is 4. The van der Waals surface area contributed by atoms with Gasteiger partial charge < -0.3 is 9.47 Å². The second-order valence-corrected chi connectivity index (χ2v) is 12.3. The van der Waals surface area contributed by atoms with Gasteiger partial charge in [-0.1, -0.05) is 25.6 Å². The fraction of sp³-hybridized carbons (Fsp3) is 0.750. The Morgan fingerprint density at radius 2 is 1.48 bits per heavy atom. The first-order valence-corrected chi connectivity index (χ1v) is 10.6. The molecule has 0 amide bonds. The van der Waals surface area contributed by atoms with Crippen molar-refractivity contribution in [3.63, 3.8) is 0 Å². The first kappa shape index (κ1) is 19.7. The van der Waals surface area contributed by atoms with Crippen LogP contribution in [0.1, 0.15) is 34.1 Å². The molecule has 0 aromatic rings. The van der Waals surface area contributed by atoms with Gasteiger partial charge in [-0.15, -0.1) is 5.54 Å². The lowest BCUT2D eigenvalue weighted by atomic mass is 9.75. The summed E-state index contributed by atoms with van der Waals surface area (Å²) in [6.45, 7) is 13.6. The van der Waals surface area contributed by atoms with Gasteiger partial charge in [0, 0.05) is 0 Å². The van der Waals surface area contributed by atoms with Crippen molar-refractivity contribution in [2.75, 3.05) is 13.7 Å². The van der Waals surface area contributed by atoms with Crippen molar-refractivity contribution in [3.05, 3.63) is 0 Å².